The quantitative estimate of drug-likeness (QED) is 0.803. The van der Waals surface area contributed by atoms with E-state index in [1.54, 1.807) is 6.20 Å². The number of hydrogen-bond acceptors (Lipinski definition) is 4. The van der Waals surface area contributed by atoms with Crippen molar-refractivity contribution in [2.24, 2.45) is 0 Å². The van der Waals surface area contributed by atoms with Crippen molar-refractivity contribution in [1.29, 1.82) is 0 Å². The molecule has 1 aromatic carbocycles. The van der Waals surface area contributed by atoms with Crippen LogP contribution in [0.3, 0.4) is 0 Å². The van der Waals surface area contributed by atoms with E-state index in [2.05, 4.69) is 9.97 Å². The van der Waals surface area contributed by atoms with Gasteiger partial charge in [-0.3, -0.25) is 4.79 Å². The maximum absolute atomic E-state index is 12.1. The van der Waals surface area contributed by atoms with E-state index in [1.165, 1.54) is 7.11 Å². The van der Waals surface area contributed by atoms with Gasteiger partial charge in [0.2, 0.25) is 0 Å². The van der Waals surface area contributed by atoms with Crippen molar-refractivity contribution in [1.82, 2.24) is 9.97 Å². The highest BCUT2D eigenvalue weighted by atomic mass is 16.5. The zero-order chi connectivity index (χ0) is 14.0. The first-order valence-corrected chi connectivity index (χ1v) is 6.74. The molecule has 102 valence electrons. The lowest BCUT2D eigenvalue weighted by atomic mass is 9.68. The van der Waals surface area contributed by atoms with Gasteiger partial charge in [-0.1, -0.05) is 36.8 Å². The Morgan fingerprint density at radius 3 is 2.55 bits per heavy atom. The largest absolute Gasteiger partial charge is 0.468 e. The highest BCUT2D eigenvalue weighted by Crippen LogP contribution is 2.43. The Labute approximate surface area is 117 Å². The molecule has 4 heteroatoms. The van der Waals surface area contributed by atoms with E-state index in [-0.39, 0.29) is 5.97 Å². The number of methoxy groups -OCH3 is 1. The summed E-state index contributed by atoms with van der Waals surface area (Å²) in [4.78, 5) is 21.0. The summed E-state index contributed by atoms with van der Waals surface area (Å²) in [5.41, 5.74) is 1.22. The molecule has 1 fully saturated rings. The van der Waals surface area contributed by atoms with Gasteiger partial charge < -0.3 is 4.74 Å². The Morgan fingerprint density at radius 1 is 1.20 bits per heavy atom. The molecule has 1 aliphatic carbocycles. The molecule has 1 aromatic heterocycles. The average molecular weight is 268 g/mol. The summed E-state index contributed by atoms with van der Waals surface area (Å²) in [5.74, 6) is 0.353. The summed E-state index contributed by atoms with van der Waals surface area (Å²) in [6.07, 6.45) is 4.25. The lowest BCUT2D eigenvalue weighted by molar-refractivity contribution is -0.151. The number of hydrogen-bond donors (Lipinski definition) is 0. The van der Waals surface area contributed by atoms with Crippen LogP contribution < -0.4 is 0 Å². The van der Waals surface area contributed by atoms with E-state index in [9.17, 15) is 4.79 Å². The highest BCUT2D eigenvalue weighted by Gasteiger charge is 2.49. The summed E-state index contributed by atoms with van der Waals surface area (Å²) < 4.78 is 4.94. The number of nitrogens with zero attached hydrogens (tertiary/aromatic N) is 2. The van der Waals surface area contributed by atoms with Gasteiger partial charge in [-0.25, -0.2) is 9.97 Å². The molecule has 0 atom stereocenters. The molecule has 0 amide bonds. The van der Waals surface area contributed by atoms with E-state index in [4.69, 9.17) is 4.74 Å². The van der Waals surface area contributed by atoms with Gasteiger partial charge in [-0.05, 0) is 18.9 Å². The molecule has 3 rings (SSSR count). The second-order valence-electron chi connectivity index (χ2n) is 5.06. The number of benzene rings is 1. The summed E-state index contributed by atoms with van der Waals surface area (Å²) in [6, 6.07) is 11.8. The Kier molecular flexibility index (Phi) is 3.22. The smallest absolute Gasteiger partial charge is 0.319 e. The topological polar surface area (TPSA) is 52.1 Å². The fraction of sp³-hybridized carbons (Fsp3) is 0.312. The van der Waals surface area contributed by atoms with Gasteiger partial charge in [0, 0.05) is 11.8 Å². The molecule has 1 heterocycles. The third-order valence-corrected chi connectivity index (χ3v) is 3.94. The number of carbonyl (C=O) groups excluding carboxylic acids is 1. The van der Waals surface area contributed by atoms with Crippen molar-refractivity contribution >= 4 is 5.97 Å². The van der Waals surface area contributed by atoms with Gasteiger partial charge in [-0.2, -0.15) is 0 Å². The van der Waals surface area contributed by atoms with Crippen LogP contribution in [-0.4, -0.2) is 23.0 Å². The number of rotatable bonds is 3. The Hall–Kier alpha value is -2.23. The number of carbonyl (C=O) groups is 1. The molecular weight excluding hydrogens is 252 g/mol. The van der Waals surface area contributed by atoms with Crippen LogP contribution in [0.25, 0.3) is 11.3 Å². The molecule has 2 aromatic rings. The first-order valence-electron chi connectivity index (χ1n) is 6.74. The third kappa shape index (κ3) is 1.97. The molecule has 0 bridgehead atoms. The molecule has 0 spiro atoms. The van der Waals surface area contributed by atoms with E-state index in [0.29, 0.717) is 5.82 Å². The zero-order valence-corrected chi connectivity index (χ0v) is 11.4. The fourth-order valence-electron chi connectivity index (χ4n) is 2.60. The normalized spacial score (nSPS) is 16.2. The van der Waals surface area contributed by atoms with Crippen molar-refractivity contribution in [2.45, 2.75) is 24.7 Å². The van der Waals surface area contributed by atoms with Crippen molar-refractivity contribution in [3.05, 3.63) is 48.4 Å². The minimum absolute atomic E-state index is 0.228. The number of ether oxygens (including phenoxy) is 1. The lowest BCUT2D eigenvalue weighted by Gasteiger charge is -2.37. The summed E-state index contributed by atoms with van der Waals surface area (Å²) >= 11 is 0. The second kappa shape index (κ2) is 5.04. The molecule has 1 aliphatic rings. The Morgan fingerprint density at radius 2 is 1.95 bits per heavy atom. The lowest BCUT2D eigenvalue weighted by Crippen LogP contribution is -2.44. The van der Waals surface area contributed by atoms with Crippen LogP contribution in [0.5, 0.6) is 0 Å². The minimum Gasteiger partial charge on any atom is -0.468 e. The maximum atomic E-state index is 12.1. The summed E-state index contributed by atoms with van der Waals surface area (Å²) in [7, 11) is 1.42. The van der Waals surface area contributed by atoms with Gasteiger partial charge in [-0.15, -0.1) is 0 Å². The molecule has 0 aliphatic heterocycles. The van der Waals surface area contributed by atoms with Gasteiger partial charge >= 0.3 is 5.97 Å². The molecule has 0 N–H and O–H groups in total. The van der Waals surface area contributed by atoms with Crippen LogP contribution in [-0.2, 0) is 14.9 Å². The number of esters is 1. The average Bonchev–Trinajstić information content (AvgIpc) is 2.47. The summed E-state index contributed by atoms with van der Waals surface area (Å²) in [6.45, 7) is 0. The highest BCUT2D eigenvalue weighted by molar-refractivity contribution is 5.83. The molecule has 20 heavy (non-hydrogen) atoms. The van der Waals surface area contributed by atoms with Crippen LogP contribution in [0.2, 0.25) is 0 Å². The SMILES string of the molecule is COC(=O)C1(c2nccc(-c3ccccc3)n2)CCC1. The summed E-state index contributed by atoms with van der Waals surface area (Å²) in [5, 5.41) is 0. The van der Waals surface area contributed by atoms with Crippen molar-refractivity contribution in [2.75, 3.05) is 7.11 Å². The van der Waals surface area contributed by atoms with Gasteiger partial charge in [0.15, 0.2) is 0 Å². The van der Waals surface area contributed by atoms with E-state index in [0.717, 1.165) is 30.5 Å². The van der Waals surface area contributed by atoms with Crippen LogP contribution >= 0.6 is 0 Å². The first kappa shape index (κ1) is 12.8. The predicted octanol–water partition coefficient (Wildman–Crippen LogP) is 2.74. The third-order valence-electron chi connectivity index (χ3n) is 3.94. The zero-order valence-electron chi connectivity index (χ0n) is 11.4. The molecule has 4 nitrogen and oxygen atoms in total. The fourth-order valence-corrected chi connectivity index (χ4v) is 2.60. The molecule has 0 radical (unpaired) electrons. The minimum atomic E-state index is -0.639. The Balaban J connectivity index is 2.01. The van der Waals surface area contributed by atoms with Crippen molar-refractivity contribution in [3.8, 4) is 11.3 Å². The van der Waals surface area contributed by atoms with Crippen LogP contribution in [0.4, 0.5) is 0 Å². The van der Waals surface area contributed by atoms with Crippen LogP contribution in [0.15, 0.2) is 42.6 Å². The standard InChI is InChI=1S/C16H16N2O2/c1-20-15(19)16(9-5-10-16)14-17-11-8-13(18-14)12-6-3-2-4-7-12/h2-4,6-8,11H,5,9-10H2,1H3. The van der Waals surface area contributed by atoms with Crippen LogP contribution in [0.1, 0.15) is 25.1 Å². The van der Waals surface area contributed by atoms with Gasteiger partial charge in [0.25, 0.3) is 0 Å². The Bertz CT molecular complexity index is 621. The molecule has 0 saturated heterocycles. The molecule has 1 saturated carbocycles. The first-order chi connectivity index (χ1) is 9.76. The van der Waals surface area contributed by atoms with E-state index < -0.39 is 5.41 Å². The van der Waals surface area contributed by atoms with E-state index >= 15 is 0 Å². The molecule has 0 unspecified atom stereocenters. The van der Waals surface area contributed by atoms with Gasteiger partial charge in [0.1, 0.15) is 11.2 Å². The predicted molar refractivity (Wildman–Crippen MR) is 75.0 cm³/mol. The maximum Gasteiger partial charge on any atom is 0.319 e. The monoisotopic (exact) mass is 268 g/mol. The van der Waals surface area contributed by atoms with Gasteiger partial charge in [0.05, 0.1) is 12.8 Å². The van der Waals surface area contributed by atoms with Crippen molar-refractivity contribution in [3.63, 3.8) is 0 Å². The second-order valence-corrected chi connectivity index (χ2v) is 5.06. The number of aromatic nitrogens is 2. The molecular formula is C16H16N2O2. The van der Waals surface area contributed by atoms with E-state index in [1.807, 2.05) is 36.4 Å². The van der Waals surface area contributed by atoms with Crippen LogP contribution in [0, 0.1) is 0 Å². The van der Waals surface area contributed by atoms with Crippen molar-refractivity contribution < 1.29 is 9.53 Å².